The molecule has 41 heavy (non-hydrogen) atoms. The summed E-state index contributed by atoms with van der Waals surface area (Å²) in [6, 6.07) is 20.8. The van der Waals surface area contributed by atoms with Crippen molar-refractivity contribution in [1.82, 2.24) is 10.2 Å². The van der Waals surface area contributed by atoms with E-state index < -0.39 is 34.3 Å². The number of anilines is 1. The van der Waals surface area contributed by atoms with Crippen molar-refractivity contribution in [1.29, 1.82) is 0 Å². The first kappa shape index (κ1) is 31.6. The maximum Gasteiger partial charge on any atom is 0.244 e. The topological polar surface area (TPSA) is 96.0 Å². The van der Waals surface area contributed by atoms with Gasteiger partial charge in [-0.1, -0.05) is 56.3 Å². The van der Waals surface area contributed by atoms with Crippen molar-refractivity contribution >= 4 is 27.5 Å². The van der Waals surface area contributed by atoms with Crippen LogP contribution in [0.3, 0.4) is 0 Å². The Kier molecular flexibility index (Phi) is 11.3. The van der Waals surface area contributed by atoms with Gasteiger partial charge in [0.05, 0.1) is 11.9 Å². The van der Waals surface area contributed by atoms with Crippen LogP contribution in [0.25, 0.3) is 0 Å². The van der Waals surface area contributed by atoms with Crippen LogP contribution in [0.15, 0.2) is 78.9 Å². The fourth-order valence-corrected chi connectivity index (χ4v) is 5.06. The molecule has 0 saturated carbocycles. The first-order valence-electron chi connectivity index (χ1n) is 13.6. The van der Waals surface area contributed by atoms with Gasteiger partial charge in [0, 0.05) is 12.6 Å². The monoisotopic (exact) mass is 583 g/mol. The Morgan fingerprint density at radius 1 is 0.902 bits per heavy atom. The van der Waals surface area contributed by atoms with Crippen molar-refractivity contribution in [2.45, 2.75) is 58.8 Å². The summed E-state index contributed by atoms with van der Waals surface area (Å²) in [6.07, 6.45) is 2.04. The zero-order valence-corrected chi connectivity index (χ0v) is 24.7. The van der Waals surface area contributed by atoms with Gasteiger partial charge in [0.15, 0.2) is 0 Å². The Labute approximate surface area is 242 Å². The third-order valence-corrected chi connectivity index (χ3v) is 7.85. The van der Waals surface area contributed by atoms with E-state index in [2.05, 4.69) is 5.32 Å². The Bertz CT molecular complexity index is 1380. The van der Waals surface area contributed by atoms with Gasteiger partial charge in [0.1, 0.15) is 30.8 Å². The molecule has 0 fully saturated rings. The molecular weight excluding hydrogens is 545 g/mol. The van der Waals surface area contributed by atoms with Crippen LogP contribution in [0.1, 0.15) is 44.7 Å². The predicted molar refractivity (Wildman–Crippen MR) is 158 cm³/mol. The Hall–Kier alpha value is -3.92. The van der Waals surface area contributed by atoms with Gasteiger partial charge < -0.3 is 15.0 Å². The zero-order chi connectivity index (χ0) is 30.0. The molecule has 3 rings (SSSR count). The second-order valence-electron chi connectivity index (χ2n) is 9.93. The van der Waals surface area contributed by atoms with Gasteiger partial charge in [-0.15, -0.1) is 0 Å². The molecule has 3 aromatic rings. The van der Waals surface area contributed by atoms with E-state index in [1.165, 1.54) is 29.2 Å². The molecule has 1 N–H and O–H groups in total. The number of carbonyl (C=O) groups excluding carboxylic acids is 2. The minimum Gasteiger partial charge on any atom is -0.489 e. The highest BCUT2D eigenvalue weighted by atomic mass is 32.2. The average molecular weight is 584 g/mol. The minimum absolute atomic E-state index is 0.00934. The van der Waals surface area contributed by atoms with Gasteiger partial charge in [-0.2, -0.15) is 0 Å². The second-order valence-corrected chi connectivity index (χ2v) is 11.8. The van der Waals surface area contributed by atoms with Crippen molar-refractivity contribution in [3.8, 4) is 5.75 Å². The number of benzene rings is 3. The summed E-state index contributed by atoms with van der Waals surface area (Å²) < 4.78 is 46.0. The summed E-state index contributed by atoms with van der Waals surface area (Å²) >= 11 is 0. The lowest BCUT2D eigenvalue weighted by Gasteiger charge is -2.33. The van der Waals surface area contributed by atoms with Gasteiger partial charge in [0.2, 0.25) is 21.8 Å². The van der Waals surface area contributed by atoms with Crippen LogP contribution in [0.2, 0.25) is 0 Å². The number of halogens is 1. The summed E-state index contributed by atoms with van der Waals surface area (Å²) in [4.78, 5) is 28.3. The van der Waals surface area contributed by atoms with Crippen LogP contribution in [-0.4, -0.2) is 50.0 Å². The molecule has 2 amide bonds. The SMILES string of the molecule is CCC(C)NC(=O)C(CC)N(Cc1ccc(F)cc1)C(=O)CN(c1ccc(OCc2ccccc2)cc1)S(C)(=O)=O. The largest absolute Gasteiger partial charge is 0.489 e. The first-order chi connectivity index (χ1) is 19.5. The summed E-state index contributed by atoms with van der Waals surface area (Å²) in [5.74, 6) is -0.769. The maximum absolute atomic E-state index is 13.8. The molecule has 3 aromatic carbocycles. The van der Waals surface area contributed by atoms with Crippen LogP contribution in [0.5, 0.6) is 5.75 Å². The van der Waals surface area contributed by atoms with Crippen molar-refractivity contribution in [2.24, 2.45) is 0 Å². The molecule has 0 saturated heterocycles. The predicted octanol–water partition coefficient (Wildman–Crippen LogP) is 4.89. The van der Waals surface area contributed by atoms with Gasteiger partial charge in [-0.25, -0.2) is 12.8 Å². The normalized spacial score (nSPS) is 12.7. The molecular formula is C31H38FN3O5S. The molecule has 10 heteroatoms. The number of nitrogens with one attached hydrogen (secondary N) is 1. The van der Waals surface area contributed by atoms with Crippen LogP contribution in [0, 0.1) is 5.82 Å². The number of sulfonamides is 1. The highest BCUT2D eigenvalue weighted by molar-refractivity contribution is 7.92. The average Bonchev–Trinajstić information content (AvgIpc) is 2.95. The van der Waals surface area contributed by atoms with Crippen molar-refractivity contribution < 1.29 is 27.1 Å². The minimum atomic E-state index is -3.87. The fourth-order valence-electron chi connectivity index (χ4n) is 4.21. The molecule has 0 radical (unpaired) electrons. The highest BCUT2D eigenvalue weighted by Gasteiger charge is 2.32. The standard InChI is InChI=1S/C31H38FN3O5S/c1-5-23(3)33-31(37)29(6-2)34(20-24-12-14-26(32)15-13-24)30(36)21-35(41(4,38)39)27-16-18-28(19-17-27)40-22-25-10-8-7-9-11-25/h7-19,23,29H,5-6,20-22H2,1-4H3,(H,33,37). The molecule has 0 aliphatic rings. The summed E-state index contributed by atoms with van der Waals surface area (Å²) in [7, 11) is -3.87. The lowest BCUT2D eigenvalue weighted by molar-refractivity contribution is -0.140. The van der Waals surface area contributed by atoms with E-state index in [9.17, 15) is 22.4 Å². The quantitative estimate of drug-likeness (QED) is 0.292. The zero-order valence-electron chi connectivity index (χ0n) is 23.9. The fraction of sp³-hybridized carbons (Fsp3) is 0.355. The summed E-state index contributed by atoms with van der Waals surface area (Å²) in [5, 5.41) is 2.92. The van der Waals surface area contributed by atoms with Crippen LogP contribution < -0.4 is 14.4 Å². The van der Waals surface area contributed by atoms with Crippen LogP contribution in [0.4, 0.5) is 10.1 Å². The number of carbonyl (C=O) groups is 2. The third-order valence-electron chi connectivity index (χ3n) is 6.71. The molecule has 0 aliphatic heterocycles. The van der Waals surface area contributed by atoms with E-state index in [-0.39, 0.29) is 24.2 Å². The van der Waals surface area contributed by atoms with Crippen LogP contribution in [-0.2, 0) is 32.8 Å². The molecule has 220 valence electrons. The molecule has 8 nitrogen and oxygen atoms in total. The van der Waals surface area contributed by atoms with Crippen molar-refractivity contribution in [3.63, 3.8) is 0 Å². The van der Waals surface area contributed by atoms with E-state index in [1.54, 1.807) is 31.2 Å². The maximum atomic E-state index is 13.8. The summed E-state index contributed by atoms with van der Waals surface area (Å²) in [6.45, 7) is 5.44. The molecule has 0 aliphatic carbocycles. The van der Waals surface area contributed by atoms with Gasteiger partial charge in [0.25, 0.3) is 0 Å². The number of nitrogens with zero attached hydrogens (tertiary/aromatic N) is 2. The van der Waals surface area contributed by atoms with Gasteiger partial charge >= 0.3 is 0 Å². The molecule has 0 spiro atoms. The number of hydrogen-bond donors (Lipinski definition) is 1. The lowest BCUT2D eigenvalue weighted by atomic mass is 10.1. The third kappa shape index (κ3) is 9.31. The van der Waals surface area contributed by atoms with Crippen molar-refractivity contribution in [2.75, 3.05) is 17.1 Å². The van der Waals surface area contributed by atoms with Gasteiger partial charge in [-0.3, -0.25) is 13.9 Å². The molecule has 0 aromatic heterocycles. The molecule has 2 unspecified atom stereocenters. The van der Waals surface area contributed by atoms with Crippen molar-refractivity contribution in [3.05, 3.63) is 95.8 Å². The number of rotatable bonds is 14. The Balaban J connectivity index is 1.85. The number of amides is 2. The molecule has 0 bridgehead atoms. The van der Waals surface area contributed by atoms with E-state index in [4.69, 9.17) is 4.74 Å². The van der Waals surface area contributed by atoms with E-state index >= 15 is 0 Å². The van der Waals surface area contributed by atoms with E-state index in [0.29, 0.717) is 30.8 Å². The highest BCUT2D eigenvalue weighted by Crippen LogP contribution is 2.23. The summed E-state index contributed by atoms with van der Waals surface area (Å²) in [5.41, 5.74) is 1.89. The van der Waals surface area contributed by atoms with Gasteiger partial charge in [-0.05, 0) is 67.3 Å². The smallest absolute Gasteiger partial charge is 0.244 e. The number of ether oxygens (including phenoxy) is 1. The Morgan fingerprint density at radius 3 is 2.10 bits per heavy atom. The molecule has 0 heterocycles. The van der Waals surface area contributed by atoms with E-state index in [0.717, 1.165) is 16.1 Å². The van der Waals surface area contributed by atoms with E-state index in [1.807, 2.05) is 44.2 Å². The lowest BCUT2D eigenvalue weighted by Crippen LogP contribution is -2.53. The molecule has 2 atom stereocenters. The Morgan fingerprint density at radius 2 is 1.54 bits per heavy atom. The first-order valence-corrected chi connectivity index (χ1v) is 15.4. The second kappa shape index (κ2) is 14.6. The number of hydrogen-bond acceptors (Lipinski definition) is 5. The van der Waals surface area contributed by atoms with Crippen LogP contribution >= 0.6 is 0 Å².